The minimum atomic E-state index is 0.330. The van der Waals surface area contributed by atoms with Crippen molar-refractivity contribution in [3.63, 3.8) is 0 Å². The summed E-state index contributed by atoms with van der Waals surface area (Å²) in [4.78, 5) is 12.8. The van der Waals surface area contributed by atoms with E-state index in [9.17, 15) is 0 Å². The molecular weight excluding hydrogens is 330 g/mol. The summed E-state index contributed by atoms with van der Waals surface area (Å²) in [7, 11) is 0. The van der Waals surface area contributed by atoms with E-state index in [0.29, 0.717) is 11.6 Å². The summed E-state index contributed by atoms with van der Waals surface area (Å²) in [5.41, 5.74) is 3.06. The Morgan fingerprint density at radius 1 is 1.26 bits per heavy atom. The maximum absolute atomic E-state index is 5.35. The van der Waals surface area contributed by atoms with Crippen LogP contribution in [0.1, 0.15) is 0 Å². The zero-order valence-corrected chi connectivity index (χ0v) is 11.9. The van der Waals surface area contributed by atoms with E-state index in [2.05, 4.69) is 46.5 Å². The third-order valence-electron chi connectivity index (χ3n) is 2.31. The molecule has 0 aliphatic carbocycles. The van der Waals surface area contributed by atoms with Crippen LogP contribution in [0.3, 0.4) is 0 Å². The Kier molecular flexibility index (Phi) is 3.32. The highest BCUT2D eigenvalue weighted by Gasteiger charge is 2.11. The van der Waals surface area contributed by atoms with Crippen molar-refractivity contribution < 1.29 is 0 Å². The number of hydrazine groups is 1. The average Bonchev–Trinajstić information content (AvgIpc) is 2.89. The Morgan fingerprint density at radius 3 is 2.89 bits per heavy atom. The van der Waals surface area contributed by atoms with Gasteiger partial charge in [-0.05, 0) is 39.8 Å². The van der Waals surface area contributed by atoms with Crippen LogP contribution in [0.25, 0.3) is 11.0 Å². The van der Waals surface area contributed by atoms with Crippen molar-refractivity contribution in [1.29, 1.82) is 0 Å². The topological polar surface area (TPSA) is 105 Å². The quantitative estimate of drug-likeness (QED) is 0.381. The van der Waals surface area contributed by atoms with Crippen molar-refractivity contribution in [2.45, 2.75) is 10.1 Å². The second kappa shape index (κ2) is 5.11. The minimum absolute atomic E-state index is 0.330. The number of aromatic nitrogens is 5. The van der Waals surface area contributed by atoms with E-state index in [1.54, 1.807) is 12.4 Å². The maximum Gasteiger partial charge on any atom is 0.240 e. The molecule has 0 fully saturated rings. The van der Waals surface area contributed by atoms with Crippen molar-refractivity contribution in [1.82, 2.24) is 25.1 Å². The van der Waals surface area contributed by atoms with Gasteiger partial charge in [0.2, 0.25) is 5.95 Å². The molecule has 0 spiro atoms. The van der Waals surface area contributed by atoms with Crippen molar-refractivity contribution >= 4 is 44.7 Å². The number of nitrogens with zero attached hydrogens (tertiary/aromatic N) is 4. The van der Waals surface area contributed by atoms with E-state index in [-0.39, 0.29) is 0 Å². The molecule has 0 radical (unpaired) electrons. The number of H-pyrrole nitrogens is 1. The van der Waals surface area contributed by atoms with Crippen LogP contribution in [-0.4, -0.2) is 25.1 Å². The largest absolute Gasteiger partial charge is 0.292 e. The van der Waals surface area contributed by atoms with Crippen LogP contribution in [0.15, 0.2) is 39.1 Å². The fraction of sp³-hybridized carbons (Fsp3) is 0. The molecule has 3 heterocycles. The second-order valence-electron chi connectivity index (χ2n) is 3.55. The normalized spacial score (nSPS) is 10.8. The van der Waals surface area contributed by atoms with Crippen molar-refractivity contribution in [3.05, 3.63) is 29.0 Å². The summed E-state index contributed by atoms with van der Waals surface area (Å²) in [6.07, 6.45) is 3.41. The summed E-state index contributed by atoms with van der Waals surface area (Å²) < 4.78 is 0.928. The van der Waals surface area contributed by atoms with Crippen LogP contribution in [0, 0.1) is 0 Å². The van der Waals surface area contributed by atoms with E-state index in [1.165, 1.54) is 11.8 Å². The third kappa shape index (κ3) is 2.53. The molecule has 4 N–H and O–H groups in total. The van der Waals surface area contributed by atoms with Gasteiger partial charge in [0.25, 0.3) is 0 Å². The Bertz CT molecular complexity index is 711. The van der Waals surface area contributed by atoms with Gasteiger partial charge in [-0.25, -0.2) is 15.8 Å². The van der Waals surface area contributed by atoms with Gasteiger partial charge in [-0.2, -0.15) is 10.1 Å². The molecule has 3 aromatic rings. The van der Waals surface area contributed by atoms with Gasteiger partial charge in [-0.3, -0.25) is 10.5 Å². The van der Waals surface area contributed by atoms with Crippen LogP contribution in [0.4, 0.5) is 5.95 Å². The molecule has 96 valence electrons. The number of rotatable bonds is 3. The van der Waals surface area contributed by atoms with Gasteiger partial charge in [-0.1, -0.05) is 0 Å². The molecule has 0 aromatic carbocycles. The molecule has 0 saturated heterocycles. The molecule has 0 aliphatic heterocycles. The number of nitrogen functional groups attached to an aromatic ring is 1. The van der Waals surface area contributed by atoms with E-state index >= 15 is 0 Å². The number of halogens is 1. The van der Waals surface area contributed by atoms with Crippen LogP contribution < -0.4 is 11.3 Å². The van der Waals surface area contributed by atoms with Crippen LogP contribution in [0.2, 0.25) is 0 Å². The van der Waals surface area contributed by atoms with Gasteiger partial charge in [-0.15, -0.1) is 0 Å². The van der Waals surface area contributed by atoms with Crippen molar-refractivity contribution in [3.8, 4) is 0 Å². The zero-order valence-electron chi connectivity index (χ0n) is 9.46. The molecule has 0 aliphatic rings. The number of fused-ring (bicyclic) bond motifs is 1. The first-order chi connectivity index (χ1) is 9.26. The Labute approximate surface area is 120 Å². The number of nitrogens with one attached hydrogen (secondary N) is 2. The molecule has 9 heteroatoms. The number of pyridine rings is 1. The summed E-state index contributed by atoms with van der Waals surface area (Å²) >= 11 is 4.77. The molecule has 7 nitrogen and oxygen atoms in total. The van der Waals surface area contributed by atoms with Crippen molar-refractivity contribution in [2.24, 2.45) is 5.84 Å². The molecule has 0 saturated carbocycles. The van der Waals surface area contributed by atoms with Gasteiger partial charge in [0.1, 0.15) is 10.1 Å². The first kappa shape index (κ1) is 12.3. The first-order valence-corrected chi connectivity index (χ1v) is 6.84. The SMILES string of the molecule is NNc1nc(Sc2ccc(Br)cn2)c2cn[nH]c2n1. The lowest BCUT2D eigenvalue weighted by Gasteiger charge is -2.04. The van der Waals surface area contributed by atoms with Crippen LogP contribution in [0.5, 0.6) is 0 Å². The number of anilines is 1. The van der Waals surface area contributed by atoms with Gasteiger partial charge in [0.05, 0.1) is 11.6 Å². The summed E-state index contributed by atoms with van der Waals surface area (Å²) in [6.45, 7) is 0. The standard InChI is InChI=1S/C10H8BrN7S/c11-5-1-2-7(13-3-5)19-9-6-4-14-18-8(6)15-10(16-9)17-12/h1-4H,12H2,(H2,14,15,16,17,18). The third-order valence-corrected chi connectivity index (χ3v) is 3.73. The maximum atomic E-state index is 5.35. The molecule has 0 unspecified atom stereocenters. The van der Waals surface area contributed by atoms with E-state index < -0.39 is 0 Å². The first-order valence-electron chi connectivity index (χ1n) is 5.23. The predicted molar refractivity (Wildman–Crippen MR) is 75.6 cm³/mol. The van der Waals surface area contributed by atoms with E-state index in [1.807, 2.05) is 12.1 Å². The van der Waals surface area contributed by atoms with Gasteiger partial charge in [0.15, 0.2) is 5.65 Å². The molecule has 0 bridgehead atoms. The van der Waals surface area contributed by atoms with Crippen molar-refractivity contribution in [2.75, 3.05) is 5.43 Å². The van der Waals surface area contributed by atoms with Crippen LogP contribution in [-0.2, 0) is 0 Å². The van der Waals surface area contributed by atoms with E-state index in [4.69, 9.17) is 5.84 Å². The number of aromatic amines is 1. The van der Waals surface area contributed by atoms with Gasteiger partial charge in [0, 0.05) is 10.7 Å². The highest BCUT2D eigenvalue weighted by Crippen LogP contribution is 2.30. The molecule has 0 amide bonds. The monoisotopic (exact) mass is 337 g/mol. The second-order valence-corrected chi connectivity index (χ2v) is 5.47. The molecular formula is C10H8BrN7S. The Hall–Kier alpha value is -1.71. The lowest BCUT2D eigenvalue weighted by Crippen LogP contribution is -2.10. The minimum Gasteiger partial charge on any atom is -0.292 e. The van der Waals surface area contributed by atoms with Gasteiger partial charge < -0.3 is 0 Å². The molecule has 3 rings (SSSR count). The van der Waals surface area contributed by atoms with Crippen LogP contribution >= 0.6 is 27.7 Å². The Balaban J connectivity index is 2.03. The lowest BCUT2D eigenvalue weighted by molar-refractivity contribution is 1.04. The van der Waals surface area contributed by atoms with E-state index in [0.717, 1.165) is 19.9 Å². The summed E-state index contributed by atoms with van der Waals surface area (Å²) in [6, 6.07) is 3.82. The van der Waals surface area contributed by atoms with Gasteiger partial charge >= 0.3 is 0 Å². The highest BCUT2D eigenvalue weighted by molar-refractivity contribution is 9.10. The number of hydrogen-bond donors (Lipinski definition) is 3. The number of nitrogens with two attached hydrogens (primary N) is 1. The lowest BCUT2D eigenvalue weighted by atomic mass is 10.4. The average molecular weight is 338 g/mol. The summed E-state index contributed by atoms with van der Waals surface area (Å²) in [5, 5.41) is 9.14. The summed E-state index contributed by atoms with van der Waals surface area (Å²) in [5.74, 6) is 5.68. The molecule has 0 atom stereocenters. The predicted octanol–water partition coefficient (Wildman–Crippen LogP) is 1.95. The molecule has 3 aromatic heterocycles. The zero-order chi connectivity index (χ0) is 13.2. The molecule has 19 heavy (non-hydrogen) atoms. The highest BCUT2D eigenvalue weighted by atomic mass is 79.9. The Morgan fingerprint density at radius 2 is 2.16 bits per heavy atom. The number of hydrogen-bond acceptors (Lipinski definition) is 7. The smallest absolute Gasteiger partial charge is 0.240 e. The fourth-order valence-corrected chi connectivity index (χ4v) is 2.54. The fourth-order valence-electron chi connectivity index (χ4n) is 1.47.